The Bertz CT molecular complexity index is 1090. The predicted molar refractivity (Wildman–Crippen MR) is 103 cm³/mol. The Morgan fingerprint density at radius 1 is 1.20 bits per heavy atom. The van der Waals surface area contributed by atoms with Crippen molar-refractivity contribution < 1.29 is 34.2 Å². The first-order valence-corrected chi connectivity index (χ1v) is 10.2. The molecule has 0 bridgehead atoms. The van der Waals surface area contributed by atoms with E-state index in [9.17, 15) is 34.4 Å². The molecule has 2 heterocycles. The number of fused-ring (bicyclic) bond motifs is 2. The van der Waals surface area contributed by atoms with E-state index in [1.165, 1.54) is 4.90 Å². The van der Waals surface area contributed by atoms with E-state index in [0.29, 0.717) is 11.4 Å². The number of nitrogens with zero attached hydrogens (tertiary/aromatic N) is 1. The highest BCUT2D eigenvalue weighted by Crippen LogP contribution is 2.40. The number of aryl methyl sites for hydroxylation is 1. The topological polar surface area (TPSA) is 211 Å². The fraction of sp³-hybridized carbons (Fsp3) is 0.375. The van der Waals surface area contributed by atoms with Crippen LogP contribution in [0, 0.1) is 6.92 Å². The van der Waals surface area contributed by atoms with Crippen LogP contribution in [0.2, 0.25) is 0 Å². The van der Waals surface area contributed by atoms with Gasteiger partial charge in [-0.3, -0.25) is 19.3 Å². The molecule has 0 saturated heterocycles. The second kappa shape index (κ2) is 8.32. The van der Waals surface area contributed by atoms with Crippen LogP contribution in [0.15, 0.2) is 27.8 Å². The van der Waals surface area contributed by atoms with Gasteiger partial charge in [0, 0.05) is 0 Å². The molecule has 1 aromatic heterocycles. The highest BCUT2D eigenvalue weighted by molar-refractivity contribution is 7.44. The van der Waals surface area contributed by atoms with Crippen molar-refractivity contribution in [3.8, 4) is 0 Å². The Hall–Kier alpha value is -2.51. The lowest BCUT2D eigenvalue weighted by molar-refractivity contribution is -0.223. The zero-order valence-corrected chi connectivity index (χ0v) is 16.5. The van der Waals surface area contributed by atoms with Gasteiger partial charge in [-0.15, -0.1) is 0 Å². The summed E-state index contributed by atoms with van der Waals surface area (Å²) in [7, 11) is -5.13. The molecule has 7 N–H and O–H groups in total. The second-order valence-corrected chi connectivity index (χ2v) is 7.97. The molecule has 3 rings (SSSR count). The van der Waals surface area contributed by atoms with Crippen molar-refractivity contribution in [2.24, 2.45) is 0 Å². The number of aromatic nitrogens is 2. The van der Waals surface area contributed by atoms with Gasteiger partial charge in [-0.05, 0) is 24.6 Å². The van der Waals surface area contributed by atoms with Gasteiger partial charge in [-0.2, -0.15) is 0 Å². The molecule has 1 aliphatic rings. The monoisotopic (exact) mass is 443 g/mol. The summed E-state index contributed by atoms with van der Waals surface area (Å²) in [5, 5.41) is 33.3. The van der Waals surface area contributed by atoms with Crippen LogP contribution < -0.4 is 26.4 Å². The van der Waals surface area contributed by atoms with Crippen molar-refractivity contribution in [3.05, 3.63) is 44.6 Å². The van der Waals surface area contributed by atoms with Crippen molar-refractivity contribution in [2.45, 2.75) is 25.2 Å². The molecular formula is C16H20N4O9P-. The first kappa shape index (κ1) is 22.2. The fourth-order valence-electron chi connectivity index (χ4n) is 3.04. The molecule has 2 aromatic rings. The number of aliphatic hydroxyl groups excluding tert-OH is 3. The molecule has 1 aliphatic heterocycles. The van der Waals surface area contributed by atoms with Gasteiger partial charge in [0.05, 0.1) is 24.5 Å². The third-order valence-electron chi connectivity index (χ3n) is 4.46. The van der Waals surface area contributed by atoms with Crippen LogP contribution in [0.5, 0.6) is 0 Å². The Morgan fingerprint density at radius 2 is 1.90 bits per heavy atom. The number of β-amino-alcohol motifs (C(OH)–C–C–N with tert-alkyl or cyclic N) is 1. The van der Waals surface area contributed by atoms with Gasteiger partial charge in [0.1, 0.15) is 29.8 Å². The molecule has 0 fully saturated rings. The lowest BCUT2D eigenvalue weighted by Gasteiger charge is -2.35. The number of H-pyrrole nitrogens is 2. The number of phosphoric acid groups is 1. The van der Waals surface area contributed by atoms with Gasteiger partial charge in [0.15, 0.2) is 0 Å². The summed E-state index contributed by atoms with van der Waals surface area (Å²) in [4.78, 5) is 49.1. The number of anilines is 4. The van der Waals surface area contributed by atoms with Gasteiger partial charge in [0.25, 0.3) is 13.4 Å². The molecule has 1 aromatic carbocycles. The molecule has 14 heteroatoms. The van der Waals surface area contributed by atoms with E-state index in [4.69, 9.17) is 4.89 Å². The number of hydrogen-bond acceptors (Lipinski definition) is 10. The SMILES string of the molecule is Cc1ccc2c(c1)Nc1c([nH]c(=O)[nH]c1=O)N2C[C@@H](O)[C@@H](O)[C@@H](O)COP(=O)([O-])O. The van der Waals surface area contributed by atoms with Gasteiger partial charge < -0.3 is 39.8 Å². The summed E-state index contributed by atoms with van der Waals surface area (Å²) in [6, 6.07) is 5.15. The number of phosphoric ester groups is 1. The van der Waals surface area contributed by atoms with Gasteiger partial charge in [-0.25, -0.2) is 4.79 Å². The largest absolute Gasteiger partial charge is 0.756 e. The van der Waals surface area contributed by atoms with Gasteiger partial charge >= 0.3 is 5.69 Å². The van der Waals surface area contributed by atoms with Crippen molar-refractivity contribution in [3.63, 3.8) is 0 Å². The molecule has 4 atom stereocenters. The van der Waals surface area contributed by atoms with Crippen molar-refractivity contribution in [2.75, 3.05) is 23.4 Å². The molecule has 1 unspecified atom stereocenters. The molecule has 0 spiro atoms. The highest BCUT2D eigenvalue weighted by atomic mass is 31.2. The van der Waals surface area contributed by atoms with E-state index in [2.05, 4.69) is 19.8 Å². The van der Waals surface area contributed by atoms with Crippen molar-refractivity contribution >= 4 is 30.7 Å². The molecule has 30 heavy (non-hydrogen) atoms. The van der Waals surface area contributed by atoms with Gasteiger partial charge in [-0.1, -0.05) is 6.07 Å². The molecule has 0 aliphatic carbocycles. The number of aromatic amines is 2. The summed E-state index contributed by atoms with van der Waals surface area (Å²) in [6.45, 7) is 0.445. The lowest BCUT2D eigenvalue weighted by atomic mass is 10.1. The number of aliphatic hydroxyl groups is 3. The first-order chi connectivity index (χ1) is 14.0. The minimum absolute atomic E-state index is 0.00541. The second-order valence-electron chi connectivity index (χ2n) is 6.78. The van der Waals surface area contributed by atoms with Crippen LogP contribution in [0.1, 0.15) is 5.56 Å². The Labute approximate surface area is 168 Å². The quantitative estimate of drug-likeness (QED) is 0.235. The van der Waals surface area contributed by atoms with Crippen LogP contribution in [0.25, 0.3) is 0 Å². The maximum absolute atomic E-state index is 12.2. The maximum Gasteiger partial charge on any atom is 0.327 e. The van der Waals surface area contributed by atoms with E-state index in [-0.39, 0.29) is 11.5 Å². The molecule has 164 valence electrons. The highest BCUT2D eigenvalue weighted by Gasteiger charge is 2.32. The smallest absolute Gasteiger partial charge is 0.327 e. The number of hydrogen-bond donors (Lipinski definition) is 7. The zero-order chi connectivity index (χ0) is 22.2. The Balaban J connectivity index is 1.91. The summed E-state index contributed by atoms with van der Waals surface area (Å²) < 4.78 is 14.7. The fourth-order valence-corrected chi connectivity index (χ4v) is 3.38. The summed E-state index contributed by atoms with van der Waals surface area (Å²) in [5.74, 6) is 0.0245. The first-order valence-electron chi connectivity index (χ1n) is 8.70. The number of rotatable bonds is 7. The van der Waals surface area contributed by atoms with Crippen LogP contribution in [0.3, 0.4) is 0 Å². The zero-order valence-electron chi connectivity index (χ0n) is 15.6. The maximum atomic E-state index is 12.2. The minimum atomic E-state index is -5.13. The number of nitrogens with one attached hydrogen (secondary N) is 3. The van der Waals surface area contributed by atoms with Crippen LogP contribution in [-0.4, -0.2) is 61.6 Å². The average molecular weight is 443 g/mol. The molecule has 0 radical (unpaired) electrons. The molecular weight excluding hydrogens is 423 g/mol. The van der Waals surface area contributed by atoms with Crippen LogP contribution in [0.4, 0.5) is 22.9 Å². The lowest BCUT2D eigenvalue weighted by Crippen LogP contribution is -2.46. The third-order valence-corrected chi connectivity index (χ3v) is 4.94. The Kier molecular flexibility index (Phi) is 6.15. The minimum Gasteiger partial charge on any atom is -0.756 e. The van der Waals surface area contributed by atoms with Crippen LogP contribution >= 0.6 is 7.82 Å². The van der Waals surface area contributed by atoms with E-state index >= 15 is 0 Å². The molecule has 13 nitrogen and oxygen atoms in total. The Morgan fingerprint density at radius 3 is 2.57 bits per heavy atom. The number of benzene rings is 1. The average Bonchev–Trinajstić information content (AvgIpc) is 2.65. The predicted octanol–water partition coefficient (Wildman–Crippen LogP) is -1.87. The van der Waals surface area contributed by atoms with Gasteiger partial charge in [0.2, 0.25) is 0 Å². The van der Waals surface area contributed by atoms with E-state index in [0.717, 1.165) is 5.56 Å². The normalized spacial score (nSPS) is 17.9. The summed E-state index contributed by atoms with van der Waals surface area (Å²) in [5.41, 5.74) is 0.335. The van der Waals surface area contributed by atoms with Crippen LogP contribution in [-0.2, 0) is 9.09 Å². The third kappa shape index (κ3) is 4.79. The van der Waals surface area contributed by atoms with Crippen molar-refractivity contribution in [1.29, 1.82) is 0 Å². The summed E-state index contributed by atoms with van der Waals surface area (Å²) >= 11 is 0. The van der Waals surface area contributed by atoms with E-state index < -0.39 is 50.5 Å². The standard InChI is InChI=1S/C16H21N4O9P/c1-7-2-3-9-8(4-7)17-12-14(18-16(25)19-15(12)24)20(9)5-10(21)13(23)11(22)6-29-30(26,27)28/h2-4,10-11,13,17,21-23H,5-6H2,1H3,(H2,26,27,28)(H2,18,19,24,25)/p-1/t10-,11+,13-/m1/s1. The van der Waals surface area contributed by atoms with E-state index in [1.54, 1.807) is 18.2 Å². The molecule has 0 amide bonds. The van der Waals surface area contributed by atoms with Crippen molar-refractivity contribution in [1.82, 2.24) is 9.97 Å². The molecule has 0 saturated carbocycles. The van der Waals surface area contributed by atoms with E-state index in [1.807, 2.05) is 6.92 Å². The summed E-state index contributed by atoms with van der Waals surface area (Å²) in [6.07, 6.45) is -5.40.